The van der Waals surface area contributed by atoms with Gasteiger partial charge in [-0.05, 0) is 43.0 Å². The van der Waals surface area contributed by atoms with Crippen LogP contribution < -0.4 is 10.1 Å². The van der Waals surface area contributed by atoms with Crippen LogP contribution in [0.15, 0.2) is 29.8 Å². The SMILES string of the molecule is COc1ccc(CCCC(=O)Nc2nccs2)c(C)c1. The van der Waals surface area contributed by atoms with Crippen LogP contribution >= 0.6 is 11.3 Å². The molecular formula is C15H18N2O2S. The number of hydrogen-bond donors (Lipinski definition) is 1. The molecule has 1 N–H and O–H groups in total. The van der Waals surface area contributed by atoms with Crippen molar-refractivity contribution in [3.05, 3.63) is 40.9 Å². The standard InChI is InChI=1S/C15H18N2O2S/c1-11-10-13(19-2)7-6-12(11)4-3-5-14(18)17-15-16-8-9-20-15/h6-10H,3-5H2,1-2H3,(H,16,17,18). The minimum atomic E-state index is 0.0196. The molecule has 4 nitrogen and oxygen atoms in total. The van der Waals surface area contributed by atoms with Crippen LogP contribution in [0.2, 0.25) is 0 Å². The van der Waals surface area contributed by atoms with E-state index in [-0.39, 0.29) is 5.91 Å². The van der Waals surface area contributed by atoms with Gasteiger partial charge in [0.2, 0.25) is 5.91 Å². The maximum absolute atomic E-state index is 11.7. The van der Waals surface area contributed by atoms with Gasteiger partial charge < -0.3 is 10.1 Å². The van der Waals surface area contributed by atoms with E-state index in [1.165, 1.54) is 22.5 Å². The van der Waals surface area contributed by atoms with Crippen LogP contribution in [-0.4, -0.2) is 18.0 Å². The van der Waals surface area contributed by atoms with Gasteiger partial charge in [0.05, 0.1) is 7.11 Å². The highest BCUT2D eigenvalue weighted by Crippen LogP contribution is 2.18. The molecule has 2 aromatic rings. The van der Waals surface area contributed by atoms with E-state index in [9.17, 15) is 4.79 Å². The second-order valence-electron chi connectivity index (χ2n) is 4.53. The Morgan fingerprint density at radius 1 is 1.45 bits per heavy atom. The molecule has 0 radical (unpaired) electrons. The first-order valence-corrected chi connectivity index (χ1v) is 7.40. The highest BCUT2D eigenvalue weighted by atomic mass is 32.1. The average molecular weight is 290 g/mol. The van der Waals surface area contributed by atoms with Crippen LogP contribution in [0.25, 0.3) is 0 Å². The number of methoxy groups -OCH3 is 1. The lowest BCUT2D eigenvalue weighted by Crippen LogP contribution is -2.11. The van der Waals surface area contributed by atoms with E-state index in [4.69, 9.17) is 4.74 Å². The second-order valence-corrected chi connectivity index (χ2v) is 5.43. The van der Waals surface area contributed by atoms with Gasteiger partial charge >= 0.3 is 0 Å². The minimum Gasteiger partial charge on any atom is -0.497 e. The van der Waals surface area contributed by atoms with Gasteiger partial charge in [0.15, 0.2) is 5.13 Å². The average Bonchev–Trinajstić information content (AvgIpc) is 2.93. The van der Waals surface area contributed by atoms with Crippen molar-refractivity contribution >= 4 is 22.4 Å². The van der Waals surface area contributed by atoms with Gasteiger partial charge in [0.1, 0.15) is 5.75 Å². The van der Waals surface area contributed by atoms with Crippen molar-refractivity contribution < 1.29 is 9.53 Å². The number of anilines is 1. The molecule has 0 fully saturated rings. The van der Waals surface area contributed by atoms with E-state index in [0.717, 1.165) is 18.6 Å². The first-order chi connectivity index (χ1) is 9.69. The smallest absolute Gasteiger partial charge is 0.226 e. The number of carbonyl (C=O) groups is 1. The second kappa shape index (κ2) is 7.05. The molecule has 0 aliphatic rings. The summed E-state index contributed by atoms with van der Waals surface area (Å²) in [5.41, 5.74) is 2.46. The third-order valence-electron chi connectivity index (χ3n) is 3.08. The lowest BCUT2D eigenvalue weighted by molar-refractivity contribution is -0.116. The molecule has 106 valence electrons. The molecule has 0 bridgehead atoms. The zero-order valence-electron chi connectivity index (χ0n) is 11.7. The van der Waals surface area contributed by atoms with Crippen molar-refractivity contribution in [3.8, 4) is 5.75 Å². The van der Waals surface area contributed by atoms with Crippen LogP contribution in [-0.2, 0) is 11.2 Å². The summed E-state index contributed by atoms with van der Waals surface area (Å²) in [6.45, 7) is 2.06. The Morgan fingerprint density at radius 2 is 2.30 bits per heavy atom. The molecule has 0 aliphatic heterocycles. The summed E-state index contributed by atoms with van der Waals surface area (Å²) in [7, 11) is 1.66. The van der Waals surface area contributed by atoms with E-state index in [1.807, 2.05) is 17.5 Å². The van der Waals surface area contributed by atoms with Crippen molar-refractivity contribution in [1.29, 1.82) is 0 Å². The summed E-state index contributed by atoms with van der Waals surface area (Å²) in [4.78, 5) is 15.7. The summed E-state index contributed by atoms with van der Waals surface area (Å²) in [5.74, 6) is 0.888. The number of aromatic nitrogens is 1. The van der Waals surface area contributed by atoms with E-state index in [0.29, 0.717) is 11.6 Å². The Hall–Kier alpha value is -1.88. The van der Waals surface area contributed by atoms with Gasteiger partial charge in [0, 0.05) is 18.0 Å². The number of carbonyl (C=O) groups excluding carboxylic acids is 1. The van der Waals surface area contributed by atoms with Crippen molar-refractivity contribution in [3.63, 3.8) is 0 Å². The van der Waals surface area contributed by atoms with Gasteiger partial charge in [0.25, 0.3) is 0 Å². The zero-order chi connectivity index (χ0) is 14.4. The monoisotopic (exact) mass is 290 g/mol. The zero-order valence-corrected chi connectivity index (χ0v) is 12.5. The number of thiazole rings is 1. The van der Waals surface area contributed by atoms with Crippen molar-refractivity contribution in [2.75, 3.05) is 12.4 Å². The van der Waals surface area contributed by atoms with Crippen molar-refractivity contribution in [1.82, 2.24) is 4.98 Å². The number of hydrogen-bond acceptors (Lipinski definition) is 4. The summed E-state index contributed by atoms with van der Waals surface area (Å²) in [6, 6.07) is 6.04. The van der Waals surface area contributed by atoms with E-state index in [1.54, 1.807) is 13.3 Å². The first-order valence-electron chi connectivity index (χ1n) is 6.52. The summed E-state index contributed by atoms with van der Waals surface area (Å²) in [6.07, 6.45) is 3.90. The summed E-state index contributed by atoms with van der Waals surface area (Å²) < 4.78 is 5.18. The normalized spacial score (nSPS) is 10.3. The third kappa shape index (κ3) is 4.06. The van der Waals surface area contributed by atoms with Gasteiger partial charge in [-0.15, -0.1) is 11.3 Å². The van der Waals surface area contributed by atoms with Crippen molar-refractivity contribution in [2.45, 2.75) is 26.2 Å². The highest BCUT2D eigenvalue weighted by Gasteiger charge is 2.05. The molecule has 0 unspecified atom stereocenters. The van der Waals surface area contributed by atoms with Crippen LogP contribution in [0.3, 0.4) is 0 Å². The highest BCUT2D eigenvalue weighted by molar-refractivity contribution is 7.13. The predicted octanol–water partition coefficient (Wildman–Crippen LogP) is 3.42. The Bertz CT molecular complexity index is 567. The molecule has 0 atom stereocenters. The molecule has 0 spiro atoms. The van der Waals surface area contributed by atoms with E-state index >= 15 is 0 Å². The molecule has 1 amide bonds. The van der Waals surface area contributed by atoms with Crippen molar-refractivity contribution in [2.24, 2.45) is 0 Å². The van der Waals surface area contributed by atoms with Crippen LogP contribution in [0.1, 0.15) is 24.0 Å². The Labute approximate surface area is 122 Å². The number of ether oxygens (including phenoxy) is 1. The molecule has 0 aliphatic carbocycles. The topological polar surface area (TPSA) is 51.2 Å². The lowest BCUT2D eigenvalue weighted by Gasteiger charge is -2.08. The number of nitrogens with one attached hydrogen (secondary N) is 1. The molecule has 1 aromatic carbocycles. The van der Waals surface area contributed by atoms with Crippen LogP contribution in [0.5, 0.6) is 5.75 Å². The largest absolute Gasteiger partial charge is 0.497 e. The maximum Gasteiger partial charge on any atom is 0.226 e. The lowest BCUT2D eigenvalue weighted by atomic mass is 10.0. The Balaban J connectivity index is 1.79. The number of aryl methyl sites for hydroxylation is 2. The first kappa shape index (κ1) is 14.5. The molecule has 1 heterocycles. The molecule has 1 aromatic heterocycles. The third-order valence-corrected chi connectivity index (χ3v) is 3.77. The van der Waals surface area contributed by atoms with E-state index in [2.05, 4.69) is 23.3 Å². The van der Waals surface area contributed by atoms with Gasteiger partial charge in [-0.1, -0.05) is 6.07 Å². The van der Waals surface area contributed by atoms with E-state index < -0.39 is 0 Å². The molecule has 0 saturated heterocycles. The molecule has 0 saturated carbocycles. The molecule has 2 rings (SSSR count). The number of amides is 1. The Morgan fingerprint density at radius 3 is 2.95 bits per heavy atom. The number of rotatable bonds is 6. The predicted molar refractivity (Wildman–Crippen MR) is 81.4 cm³/mol. The summed E-state index contributed by atoms with van der Waals surface area (Å²) >= 11 is 1.43. The van der Waals surface area contributed by atoms with Gasteiger partial charge in [-0.3, -0.25) is 4.79 Å². The quantitative estimate of drug-likeness (QED) is 0.887. The number of benzene rings is 1. The fourth-order valence-electron chi connectivity index (χ4n) is 1.98. The summed E-state index contributed by atoms with van der Waals surface area (Å²) in [5, 5.41) is 5.30. The van der Waals surface area contributed by atoms with Gasteiger partial charge in [-0.25, -0.2) is 4.98 Å². The molecular weight excluding hydrogens is 272 g/mol. The fourth-order valence-corrected chi connectivity index (χ4v) is 2.53. The maximum atomic E-state index is 11.7. The Kier molecular flexibility index (Phi) is 5.12. The molecule has 20 heavy (non-hydrogen) atoms. The minimum absolute atomic E-state index is 0.0196. The fraction of sp³-hybridized carbons (Fsp3) is 0.333. The van der Waals surface area contributed by atoms with Crippen LogP contribution in [0.4, 0.5) is 5.13 Å². The number of nitrogens with zero attached hydrogens (tertiary/aromatic N) is 1. The van der Waals surface area contributed by atoms with Crippen LogP contribution in [0, 0.1) is 6.92 Å². The molecule has 5 heteroatoms. The van der Waals surface area contributed by atoms with Gasteiger partial charge in [-0.2, -0.15) is 0 Å².